The second-order valence-corrected chi connectivity index (χ2v) is 1.96. The maximum Gasteiger partial charge on any atom is 0.407 e. The van der Waals surface area contributed by atoms with Gasteiger partial charge in [-0.25, -0.2) is 4.79 Å². The highest BCUT2D eigenvalue weighted by molar-refractivity contribution is 5.67. The minimum Gasteiger partial charge on any atom is -0.447 e. The number of hydrogen-bond donors (Lipinski definition) is 2. The molecule has 0 aromatic heterocycles. The first-order chi connectivity index (χ1) is 5.81. The third-order valence-electron chi connectivity index (χ3n) is 1.02. The van der Waals surface area contributed by atoms with Crippen LogP contribution in [0.1, 0.15) is 13.3 Å². The summed E-state index contributed by atoms with van der Waals surface area (Å²) >= 11 is 0. The lowest BCUT2D eigenvalue weighted by Crippen LogP contribution is -2.26. The van der Waals surface area contributed by atoms with E-state index in [9.17, 15) is 4.79 Å². The molecule has 0 atom stereocenters. The molecule has 0 heterocycles. The summed E-state index contributed by atoms with van der Waals surface area (Å²) in [5.41, 5.74) is 0. The molecule has 0 radical (unpaired) electrons. The van der Waals surface area contributed by atoms with Crippen LogP contribution in [0.4, 0.5) is 4.79 Å². The summed E-state index contributed by atoms with van der Waals surface area (Å²) < 4.78 is 4.52. The van der Waals surface area contributed by atoms with Crippen molar-refractivity contribution in [2.24, 2.45) is 0 Å². The molecule has 0 aromatic rings. The van der Waals surface area contributed by atoms with Crippen LogP contribution in [-0.4, -0.2) is 31.0 Å². The molecule has 2 N–H and O–H groups in total. The highest BCUT2D eigenvalue weighted by atomic mass is 16.6. The largest absolute Gasteiger partial charge is 0.447 e. The molecule has 12 heavy (non-hydrogen) atoms. The van der Waals surface area contributed by atoms with Gasteiger partial charge in [-0.3, -0.25) is 0 Å². The van der Waals surface area contributed by atoms with Crippen LogP contribution in [0.5, 0.6) is 0 Å². The van der Waals surface area contributed by atoms with E-state index in [-0.39, 0.29) is 13.2 Å². The third-order valence-corrected chi connectivity index (χ3v) is 1.02. The number of hydrogen-bond acceptors (Lipinski definition) is 3. The number of carbonyl (C=O) groups is 1. The van der Waals surface area contributed by atoms with Crippen molar-refractivity contribution in [1.29, 1.82) is 0 Å². The molecule has 0 aliphatic rings. The number of rotatable bonds is 4. The molecule has 4 nitrogen and oxygen atoms in total. The van der Waals surface area contributed by atoms with Gasteiger partial charge < -0.3 is 15.2 Å². The maximum atomic E-state index is 10.7. The number of ether oxygens (including phenoxy) is 1. The van der Waals surface area contributed by atoms with Gasteiger partial charge in [0.15, 0.2) is 0 Å². The van der Waals surface area contributed by atoms with Gasteiger partial charge in [-0.15, -0.1) is 11.8 Å². The summed E-state index contributed by atoms with van der Waals surface area (Å²) in [5.74, 6) is 5.49. The fraction of sp³-hybridized carbons (Fsp3) is 0.625. The summed E-state index contributed by atoms with van der Waals surface area (Å²) in [4.78, 5) is 10.7. The van der Waals surface area contributed by atoms with E-state index in [0.717, 1.165) is 0 Å². The van der Waals surface area contributed by atoms with Gasteiger partial charge in [0.2, 0.25) is 0 Å². The number of aliphatic hydroxyl groups is 1. The highest BCUT2D eigenvalue weighted by Gasteiger charge is 1.97. The van der Waals surface area contributed by atoms with Crippen molar-refractivity contribution in [3.63, 3.8) is 0 Å². The molecular weight excluding hydrogens is 158 g/mol. The quantitative estimate of drug-likeness (QED) is 0.466. The van der Waals surface area contributed by atoms with Crippen molar-refractivity contribution < 1.29 is 14.6 Å². The van der Waals surface area contributed by atoms with Crippen LogP contribution in [-0.2, 0) is 4.74 Å². The number of alkyl carbamates (subject to hydrolysis) is 1. The zero-order valence-corrected chi connectivity index (χ0v) is 7.09. The Morgan fingerprint density at radius 2 is 2.42 bits per heavy atom. The van der Waals surface area contributed by atoms with Gasteiger partial charge in [-0.1, -0.05) is 0 Å². The van der Waals surface area contributed by atoms with Gasteiger partial charge in [0, 0.05) is 13.0 Å². The molecule has 0 aromatic carbocycles. The monoisotopic (exact) mass is 171 g/mol. The van der Waals surface area contributed by atoms with Crippen molar-refractivity contribution in [3.8, 4) is 11.8 Å². The lowest BCUT2D eigenvalue weighted by molar-refractivity contribution is 0.119. The Hall–Kier alpha value is -1.21. The van der Waals surface area contributed by atoms with Crippen LogP contribution in [0, 0.1) is 11.8 Å². The summed E-state index contributed by atoms with van der Waals surface area (Å²) in [7, 11) is 0. The first-order valence-electron chi connectivity index (χ1n) is 3.72. The first-order valence-corrected chi connectivity index (χ1v) is 3.72. The Balaban J connectivity index is 3.23. The smallest absolute Gasteiger partial charge is 0.407 e. The van der Waals surface area contributed by atoms with E-state index in [4.69, 9.17) is 5.11 Å². The van der Waals surface area contributed by atoms with Gasteiger partial charge in [0.25, 0.3) is 0 Å². The maximum absolute atomic E-state index is 10.7. The van der Waals surface area contributed by atoms with E-state index in [1.54, 1.807) is 6.92 Å². The summed E-state index contributed by atoms with van der Waals surface area (Å²) in [6.45, 7) is 2.10. The van der Waals surface area contributed by atoms with Crippen molar-refractivity contribution in [2.75, 3.05) is 19.8 Å². The van der Waals surface area contributed by atoms with Crippen LogP contribution in [0.15, 0.2) is 0 Å². The van der Waals surface area contributed by atoms with E-state index in [1.807, 2.05) is 0 Å². The fourth-order valence-electron chi connectivity index (χ4n) is 0.541. The van der Waals surface area contributed by atoms with Crippen LogP contribution in [0.3, 0.4) is 0 Å². The Kier molecular flexibility index (Phi) is 7.10. The van der Waals surface area contributed by atoms with Crippen molar-refractivity contribution in [1.82, 2.24) is 5.32 Å². The predicted molar refractivity (Wildman–Crippen MR) is 44.5 cm³/mol. The Labute approximate surface area is 71.9 Å². The van der Waals surface area contributed by atoms with Gasteiger partial charge in [-0.2, -0.15) is 0 Å². The van der Waals surface area contributed by atoms with Crippen LogP contribution >= 0.6 is 0 Å². The topological polar surface area (TPSA) is 58.6 Å². The van der Waals surface area contributed by atoms with Crippen molar-refractivity contribution in [2.45, 2.75) is 13.3 Å². The molecule has 0 spiro atoms. The van der Waals surface area contributed by atoms with Gasteiger partial charge in [-0.05, 0) is 6.92 Å². The molecule has 0 bridgehead atoms. The van der Waals surface area contributed by atoms with Gasteiger partial charge in [0.05, 0.1) is 6.61 Å². The first kappa shape index (κ1) is 10.8. The average Bonchev–Trinajstić information content (AvgIpc) is 2.09. The van der Waals surface area contributed by atoms with E-state index < -0.39 is 6.09 Å². The minimum absolute atomic E-state index is 0.0330. The zero-order chi connectivity index (χ0) is 9.23. The molecule has 0 fully saturated rings. The number of carbonyl (C=O) groups excluding carboxylic acids is 1. The Morgan fingerprint density at radius 3 is 3.00 bits per heavy atom. The lowest BCUT2D eigenvalue weighted by atomic mass is 10.4. The van der Waals surface area contributed by atoms with E-state index in [2.05, 4.69) is 21.9 Å². The molecule has 68 valence electrons. The summed E-state index contributed by atoms with van der Waals surface area (Å²) in [6, 6.07) is 0. The van der Waals surface area contributed by atoms with E-state index in [1.165, 1.54) is 0 Å². The molecule has 4 heteroatoms. The highest BCUT2D eigenvalue weighted by Crippen LogP contribution is 1.78. The van der Waals surface area contributed by atoms with Gasteiger partial charge in [0.1, 0.15) is 6.61 Å². The molecule has 0 rings (SSSR count). The summed E-state index contributed by atoms with van der Waals surface area (Å²) in [6.07, 6.45) is 0.104. The van der Waals surface area contributed by atoms with Crippen LogP contribution in [0.25, 0.3) is 0 Å². The average molecular weight is 171 g/mol. The second kappa shape index (κ2) is 7.89. The SMILES string of the molecule is CC#CCCNC(=O)OCCO. The third kappa shape index (κ3) is 6.90. The Morgan fingerprint density at radius 1 is 1.67 bits per heavy atom. The number of aliphatic hydroxyl groups excluding tert-OH is 1. The minimum atomic E-state index is -0.512. The normalized spacial score (nSPS) is 8.17. The predicted octanol–water partition coefficient (Wildman–Crippen LogP) is 0.118. The van der Waals surface area contributed by atoms with Crippen LogP contribution in [0.2, 0.25) is 0 Å². The number of amides is 1. The molecule has 0 saturated carbocycles. The Bertz CT molecular complexity index is 180. The van der Waals surface area contributed by atoms with Crippen molar-refractivity contribution in [3.05, 3.63) is 0 Å². The summed E-state index contributed by atoms with van der Waals surface area (Å²) in [5, 5.41) is 10.8. The van der Waals surface area contributed by atoms with Crippen LogP contribution < -0.4 is 5.32 Å². The fourth-order valence-corrected chi connectivity index (χ4v) is 0.541. The molecular formula is C8H13NO3. The van der Waals surface area contributed by atoms with E-state index in [0.29, 0.717) is 13.0 Å². The molecule has 0 aliphatic carbocycles. The molecule has 0 saturated heterocycles. The van der Waals surface area contributed by atoms with Gasteiger partial charge >= 0.3 is 6.09 Å². The second-order valence-electron chi connectivity index (χ2n) is 1.96. The van der Waals surface area contributed by atoms with E-state index >= 15 is 0 Å². The lowest BCUT2D eigenvalue weighted by Gasteiger charge is -2.02. The standard InChI is InChI=1S/C8H13NO3/c1-2-3-4-5-9-8(11)12-7-6-10/h10H,4-7H2,1H3,(H,9,11). The molecule has 1 amide bonds. The zero-order valence-electron chi connectivity index (χ0n) is 7.09. The molecule has 0 aliphatic heterocycles. The molecule has 0 unspecified atom stereocenters. The van der Waals surface area contributed by atoms with Crippen molar-refractivity contribution >= 4 is 6.09 Å². The number of nitrogens with one attached hydrogen (secondary N) is 1.